The van der Waals surface area contributed by atoms with Gasteiger partial charge >= 0.3 is 0 Å². The summed E-state index contributed by atoms with van der Waals surface area (Å²) < 4.78 is 2.85. The first-order valence-electron chi connectivity index (χ1n) is 7.19. The molecule has 1 aliphatic rings. The quantitative estimate of drug-likeness (QED) is 0.495. The Morgan fingerprint density at radius 3 is 2.83 bits per heavy atom. The minimum atomic E-state index is -0.256. The molecule has 116 valence electrons. The van der Waals surface area contributed by atoms with Gasteiger partial charge in [0, 0.05) is 15.7 Å². The summed E-state index contributed by atoms with van der Waals surface area (Å²) in [5, 5.41) is 2.82. The molecule has 0 spiro atoms. The van der Waals surface area contributed by atoms with E-state index in [9.17, 15) is 9.59 Å². The third-order valence-corrected chi connectivity index (χ3v) is 5.61. The van der Waals surface area contributed by atoms with Crippen LogP contribution in [-0.4, -0.2) is 15.3 Å². The molecule has 4 aromatic rings. The number of carbonyl (C=O) groups excluding carboxylic acids is 1. The maximum atomic E-state index is 13.0. The average Bonchev–Trinajstić information content (AvgIpc) is 3.17. The Morgan fingerprint density at radius 1 is 1.12 bits per heavy atom. The predicted molar refractivity (Wildman–Crippen MR) is 97.3 cm³/mol. The van der Waals surface area contributed by atoms with Gasteiger partial charge in [0.15, 0.2) is 4.96 Å². The van der Waals surface area contributed by atoms with E-state index in [0.717, 1.165) is 21.1 Å². The van der Waals surface area contributed by atoms with Crippen molar-refractivity contribution in [1.29, 1.82) is 0 Å². The van der Waals surface area contributed by atoms with Crippen LogP contribution < -0.4 is 15.4 Å². The number of carbonyl (C=O) groups is 1. The summed E-state index contributed by atoms with van der Waals surface area (Å²) in [6, 6.07) is 13.0. The van der Waals surface area contributed by atoms with Gasteiger partial charge in [-0.1, -0.05) is 39.4 Å². The second-order valence-corrected chi connectivity index (χ2v) is 7.37. The first kappa shape index (κ1) is 13.9. The van der Waals surface area contributed by atoms with E-state index >= 15 is 0 Å². The normalized spacial score (nSPS) is 16.0. The van der Waals surface area contributed by atoms with Crippen LogP contribution in [0.25, 0.3) is 21.6 Å². The van der Waals surface area contributed by atoms with E-state index in [0.29, 0.717) is 20.8 Å². The number of nitrogens with one attached hydrogen (secondary N) is 1. The molecule has 24 heavy (non-hydrogen) atoms. The Balaban J connectivity index is 1.95. The van der Waals surface area contributed by atoms with Gasteiger partial charge in [-0.25, -0.2) is 9.38 Å². The largest absolute Gasteiger partial charge is 0.321 e. The first-order chi connectivity index (χ1) is 11.6. The molecule has 0 saturated heterocycles. The molecule has 0 aliphatic carbocycles. The first-order valence-corrected chi connectivity index (χ1v) is 8.80. The van der Waals surface area contributed by atoms with E-state index in [1.54, 1.807) is 4.40 Å². The van der Waals surface area contributed by atoms with Crippen molar-refractivity contribution in [3.05, 3.63) is 67.4 Å². The topological polar surface area (TPSA) is 63.5 Å². The molecule has 1 amide bonds. The van der Waals surface area contributed by atoms with Gasteiger partial charge in [0.1, 0.15) is 4.53 Å². The summed E-state index contributed by atoms with van der Waals surface area (Å²) >= 11 is 4.66. The van der Waals surface area contributed by atoms with Crippen LogP contribution in [0.1, 0.15) is 5.56 Å². The number of para-hydroxylation sites is 2. The van der Waals surface area contributed by atoms with Crippen LogP contribution in [0.5, 0.6) is 0 Å². The van der Waals surface area contributed by atoms with Crippen LogP contribution in [0.4, 0.5) is 5.69 Å². The molecule has 5 rings (SSSR count). The highest BCUT2D eigenvalue weighted by molar-refractivity contribution is 9.10. The molecular formula is C17H8BrN3O2S. The summed E-state index contributed by atoms with van der Waals surface area (Å²) in [6.45, 7) is 0. The highest BCUT2D eigenvalue weighted by atomic mass is 79.9. The maximum Gasteiger partial charge on any atom is 0.275 e. The lowest BCUT2D eigenvalue weighted by molar-refractivity contribution is -0.110. The molecule has 0 atom stereocenters. The zero-order chi connectivity index (χ0) is 16.4. The van der Waals surface area contributed by atoms with Crippen LogP contribution in [0.2, 0.25) is 0 Å². The number of benzene rings is 2. The van der Waals surface area contributed by atoms with Gasteiger partial charge in [-0.05, 0) is 30.3 Å². The zero-order valence-electron chi connectivity index (χ0n) is 12.0. The standard InChI is InChI=1S/C17H8BrN3O2S/c18-8-5-6-10-9(7-8)13(15(22)19-10)14-16(23)21-12-4-2-1-3-11(12)20-17(21)24-14/h1-7H,(H,19,22)/b14-13-. The Bertz CT molecular complexity index is 1290. The van der Waals surface area contributed by atoms with Gasteiger partial charge in [-0.15, -0.1) is 0 Å². The van der Waals surface area contributed by atoms with Gasteiger partial charge in [0.25, 0.3) is 11.5 Å². The maximum absolute atomic E-state index is 13.0. The van der Waals surface area contributed by atoms with Gasteiger partial charge in [0.2, 0.25) is 0 Å². The van der Waals surface area contributed by atoms with Crippen LogP contribution in [0, 0.1) is 0 Å². The summed E-state index contributed by atoms with van der Waals surface area (Å²) in [7, 11) is 0. The minimum Gasteiger partial charge on any atom is -0.321 e. The third kappa shape index (κ3) is 1.76. The fraction of sp³-hybridized carbons (Fsp3) is 0. The number of nitrogens with zero attached hydrogens (tertiary/aromatic N) is 2. The van der Waals surface area contributed by atoms with Crippen LogP contribution >= 0.6 is 27.3 Å². The lowest BCUT2D eigenvalue weighted by Gasteiger charge is -1.97. The Labute approximate surface area is 147 Å². The lowest BCUT2D eigenvalue weighted by atomic mass is 10.1. The van der Waals surface area contributed by atoms with E-state index in [4.69, 9.17) is 0 Å². The average molecular weight is 398 g/mol. The van der Waals surface area contributed by atoms with Gasteiger partial charge < -0.3 is 5.32 Å². The number of fused-ring (bicyclic) bond motifs is 4. The molecular weight excluding hydrogens is 390 g/mol. The monoisotopic (exact) mass is 397 g/mol. The molecule has 1 N–H and O–H groups in total. The molecule has 0 bridgehead atoms. The lowest BCUT2D eigenvalue weighted by Crippen LogP contribution is -2.27. The Morgan fingerprint density at radius 2 is 1.96 bits per heavy atom. The Hall–Kier alpha value is -2.51. The molecule has 0 fully saturated rings. The molecule has 2 aromatic heterocycles. The number of aromatic nitrogens is 2. The number of halogens is 1. The van der Waals surface area contributed by atoms with Crippen molar-refractivity contribution in [1.82, 2.24) is 9.38 Å². The van der Waals surface area contributed by atoms with Gasteiger partial charge in [-0.2, -0.15) is 0 Å². The third-order valence-electron chi connectivity index (χ3n) is 4.07. The summed E-state index contributed by atoms with van der Waals surface area (Å²) in [5.74, 6) is -0.256. The minimum absolute atomic E-state index is 0.207. The molecule has 2 aromatic carbocycles. The zero-order valence-corrected chi connectivity index (χ0v) is 14.4. The smallest absolute Gasteiger partial charge is 0.275 e. The van der Waals surface area contributed by atoms with E-state index < -0.39 is 0 Å². The van der Waals surface area contributed by atoms with E-state index in [-0.39, 0.29) is 11.5 Å². The summed E-state index contributed by atoms with van der Waals surface area (Å²) in [6.07, 6.45) is 0. The van der Waals surface area contributed by atoms with Crippen molar-refractivity contribution in [2.24, 2.45) is 0 Å². The van der Waals surface area contributed by atoms with Crippen LogP contribution in [0.15, 0.2) is 51.7 Å². The number of thiazole rings is 1. The van der Waals surface area contributed by atoms with Crippen molar-refractivity contribution < 1.29 is 4.79 Å². The number of amides is 1. The molecule has 3 heterocycles. The molecule has 0 radical (unpaired) electrons. The number of rotatable bonds is 0. The van der Waals surface area contributed by atoms with Crippen LogP contribution in [-0.2, 0) is 4.79 Å². The molecule has 1 aliphatic heterocycles. The number of imidazole rings is 1. The second-order valence-electron chi connectivity index (χ2n) is 5.47. The number of hydrogen-bond acceptors (Lipinski definition) is 4. The highest BCUT2D eigenvalue weighted by Crippen LogP contribution is 2.32. The second kappa shape index (κ2) is 4.75. The van der Waals surface area contributed by atoms with Crippen LogP contribution in [0.3, 0.4) is 0 Å². The van der Waals surface area contributed by atoms with Crippen molar-refractivity contribution in [2.75, 3.05) is 5.32 Å². The van der Waals surface area contributed by atoms with Crippen molar-refractivity contribution >= 4 is 60.4 Å². The molecule has 5 nitrogen and oxygen atoms in total. The summed E-state index contributed by atoms with van der Waals surface area (Å²) in [5.41, 5.74) is 3.19. The van der Waals surface area contributed by atoms with Crippen molar-refractivity contribution in [3.8, 4) is 0 Å². The summed E-state index contributed by atoms with van der Waals surface area (Å²) in [4.78, 5) is 30.5. The Kier molecular flexibility index (Phi) is 2.75. The van der Waals surface area contributed by atoms with E-state index in [1.165, 1.54) is 11.3 Å². The van der Waals surface area contributed by atoms with Gasteiger partial charge in [-0.3, -0.25) is 9.59 Å². The molecule has 0 saturated carbocycles. The SMILES string of the molecule is O=C1Nc2ccc(Br)cc2/C1=c1/sc2nc3ccccc3n2c1=O. The van der Waals surface area contributed by atoms with E-state index in [2.05, 4.69) is 26.2 Å². The fourth-order valence-corrected chi connectivity index (χ4v) is 4.47. The predicted octanol–water partition coefficient (Wildman–Crippen LogP) is 2.54. The van der Waals surface area contributed by atoms with Crippen molar-refractivity contribution in [3.63, 3.8) is 0 Å². The fourth-order valence-electron chi connectivity index (χ4n) is 3.03. The highest BCUT2D eigenvalue weighted by Gasteiger charge is 2.27. The molecule has 0 unspecified atom stereocenters. The van der Waals surface area contributed by atoms with Gasteiger partial charge in [0.05, 0.1) is 16.6 Å². The molecule has 7 heteroatoms. The number of hydrogen-bond donors (Lipinski definition) is 1. The number of anilines is 1. The van der Waals surface area contributed by atoms with E-state index in [1.807, 2.05) is 42.5 Å². The van der Waals surface area contributed by atoms with Crippen molar-refractivity contribution in [2.45, 2.75) is 0 Å².